The number of anilines is 1. The van der Waals surface area contributed by atoms with Gasteiger partial charge in [-0.15, -0.1) is 0 Å². The van der Waals surface area contributed by atoms with Gasteiger partial charge < -0.3 is 10.3 Å². The standard InChI is InChI=1S/C21H27N3O2S/c1-4-14-9-8-10-15(5-2)18(14)23-19(25)13(3)27-21-22-17-12-7-6-11-16(17)20(26)24-21/h8-10,13H,4-7,11-12H2,1-3H3,(H,23,25)(H,22,24,26). The van der Waals surface area contributed by atoms with E-state index in [9.17, 15) is 9.59 Å². The van der Waals surface area contributed by atoms with Crippen molar-refractivity contribution < 1.29 is 4.79 Å². The molecule has 2 N–H and O–H groups in total. The minimum Gasteiger partial charge on any atom is -0.325 e. The summed E-state index contributed by atoms with van der Waals surface area (Å²) in [4.78, 5) is 32.5. The molecule has 0 saturated heterocycles. The summed E-state index contributed by atoms with van der Waals surface area (Å²) in [5.41, 5.74) is 4.85. The van der Waals surface area contributed by atoms with E-state index < -0.39 is 0 Å². The van der Waals surface area contributed by atoms with E-state index in [0.29, 0.717) is 5.16 Å². The van der Waals surface area contributed by atoms with Crippen LogP contribution in [0.15, 0.2) is 28.2 Å². The molecule has 0 radical (unpaired) electrons. The maximum Gasteiger partial charge on any atom is 0.254 e. The summed E-state index contributed by atoms with van der Waals surface area (Å²) in [5.74, 6) is -0.0732. The number of hydrogen-bond donors (Lipinski definition) is 2. The lowest BCUT2D eigenvalue weighted by Crippen LogP contribution is -2.26. The van der Waals surface area contributed by atoms with Crippen LogP contribution in [0.1, 0.15) is 56.0 Å². The minimum absolute atomic E-state index is 0.0561. The molecule has 5 nitrogen and oxygen atoms in total. The molecule has 0 aliphatic heterocycles. The van der Waals surface area contributed by atoms with Crippen LogP contribution < -0.4 is 10.9 Å². The number of aromatic amines is 1. The highest BCUT2D eigenvalue weighted by atomic mass is 32.2. The number of carbonyl (C=O) groups is 1. The molecule has 6 heteroatoms. The Labute approximate surface area is 164 Å². The van der Waals surface area contributed by atoms with Gasteiger partial charge in [0.1, 0.15) is 0 Å². The number of H-pyrrole nitrogens is 1. The fourth-order valence-electron chi connectivity index (χ4n) is 3.49. The summed E-state index contributed by atoms with van der Waals surface area (Å²) in [7, 11) is 0. The van der Waals surface area contributed by atoms with Gasteiger partial charge in [0.25, 0.3) is 5.56 Å². The average molecular weight is 386 g/mol. The maximum atomic E-state index is 12.8. The van der Waals surface area contributed by atoms with Crippen molar-refractivity contribution in [2.24, 2.45) is 0 Å². The van der Waals surface area contributed by atoms with Gasteiger partial charge in [0.2, 0.25) is 5.91 Å². The molecule has 0 bridgehead atoms. The first-order valence-corrected chi connectivity index (χ1v) is 10.6. The zero-order valence-electron chi connectivity index (χ0n) is 16.2. The number of hydrogen-bond acceptors (Lipinski definition) is 4. The van der Waals surface area contributed by atoms with Crippen molar-refractivity contribution in [3.63, 3.8) is 0 Å². The smallest absolute Gasteiger partial charge is 0.254 e. The summed E-state index contributed by atoms with van der Waals surface area (Å²) in [6.45, 7) is 6.02. The molecule has 1 atom stereocenters. The molecule has 1 aromatic carbocycles. The number of para-hydroxylation sites is 1. The lowest BCUT2D eigenvalue weighted by molar-refractivity contribution is -0.115. The molecule has 1 aliphatic carbocycles. The quantitative estimate of drug-likeness (QED) is 0.584. The van der Waals surface area contributed by atoms with Gasteiger partial charge in [0.15, 0.2) is 5.16 Å². The predicted octanol–water partition coefficient (Wildman–Crippen LogP) is 3.89. The molecule has 1 aliphatic rings. The average Bonchev–Trinajstić information content (AvgIpc) is 2.68. The summed E-state index contributed by atoms with van der Waals surface area (Å²) < 4.78 is 0. The Hall–Kier alpha value is -2.08. The van der Waals surface area contributed by atoms with Crippen molar-refractivity contribution >= 4 is 23.4 Å². The molecule has 3 rings (SSSR count). The van der Waals surface area contributed by atoms with Gasteiger partial charge in [-0.3, -0.25) is 9.59 Å². The van der Waals surface area contributed by atoms with Crippen LogP contribution in [0.2, 0.25) is 0 Å². The fraction of sp³-hybridized carbons (Fsp3) is 0.476. The molecule has 1 heterocycles. The van der Waals surface area contributed by atoms with E-state index >= 15 is 0 Å². The van der Waals surface area contributed by atoms with Crippen LogP contribution in [0.3, 0.4) is 0 Å². The van der Waals surface area contributed by atoms with E-state index in [0.717, 1.165) is 66.6 Å². The van der Waals surface area contributed by atoms with E-state index in [1.807, 2.05) is 13.0 Å². The third-order valence-corrected chi connectivity index (χ3v) is 6.06. The second-order valence-corrected chi connectivity index (χ2v) is 8.24. The van der Waals surface area contributed by atoms with E-state index in [4.69, 9.17) is 0 Å². The number of aryl methyl sites for hydroxylation is 3. The number of rotatable bonds is 6. The molecular weight excluding hydrogens is 358 g/mol. The lowest BCUT2D eigenvalue weighted by Gasteiger charge is -2.18. The van der Waals surface area contributed by atoms with Gasteiger partial charge in [-0.25, -0.2) is 4.98 Å². The monoisotopic (exact) mass is 385 g/mol. The van der Waals surface area contributed by atoms with Crippen molar-refractivity contribution in [3.8, 4) is 0 Å². The van der Waals surface area contributed by atoms with Gasteiger partial charge in [0.05, 0.1) is 10.9 Å². The maximum absolute atomic E-state index is 12.8. The Morgan fingerprint density at radius 3 is 2.56 bits per heavy atom. The molecule has 0 fully saturated rings. The predicted molar refractivity (Wildman–Crippen MR) is 111 cm³/mol. The van der Waals surface area contributed by atoms with Crippen molar-refractivity contribution in [1.29, 1.82) is 0 Å². The Morgan fingerprint density at radius 1 is 1.22 bits per heavy atom. The SMILES string of the molecule is CCc1cccc(CC)c1NC(=O)C(C)Sc1nc2c(c(=O)[nH]1)CCCC2. The van der Waals surface area contributed by atoms with Gasteiger partial charge in [0, 0.05) is 11.3 Å². The van der Waals surface area contributed by atoms with Crippen LogP contribution in [0.25, 0.3) is 0 Å². The first-order chi connectivity index (χ1) is 13.0. The molecule has 0 saturated carbocycles. The Balaban J connectivity index is 1.76. The number of nitrogens with one attached hydrogen (secondary N) is 2. The molecular formula is C21H27N3O2S. The minimum atomic E-state index is -0.357. The third-order valence-electron chi connectivity index (χ3n) is 5.07. The van der Waals surface area contributed by atoms with E-state index in [1.54, 1.807) is 0 Å². The van der Waals surface area contributed by atoms with Crippen LogP contribution in [0.5, 0.6) is 0 Å². The van der Waals surface area contributed by atoms with E-state index in [1.165, 1.54) is 11.8 Å². The molecule has 1 aromatic heterocycles. The summed E-state index contributed by atoms with van der Waals surface area (Å²) in [5, 5.41) is 3.27. The highest BCUT2D eigenvalue weighted by Gasteiger charge is 2.21. The van der Waals surface area contributed by atoms with Crippen molar-refractivity contribution in [3.05, 3.63) is 50.9 Å². The van der Waals surface area contributed by atoms with Crippen LogP contribution >= 0.6 is 11.8 Å². The number of benzene rings is 1. The summed E-state index contributed by atoms with van der Waals surface area (Å²) in [6.07, 6.45) is 5.48. The Morgan fingerprint density at radius 2 is 1.89 bits per heavy atom. The second kappa shape index (κ2) is 8.74. The number of thioether (sulfide) groups is 1. The number of nitrogens with zero attached hydrogens (tertiary/aromatic N) is 1. The topological polar surface area (TPSA) is 74.8 Å². The van der Waals surface area contributed by atoms with Gasteiger partial charge in [-0.1, -0.05) is 43.8 Å². The first-order valence-electron chi connectivity index (χ1n) is 9.73. The molecule has 2 aromatic rings. The van der Waals surface area contributed by atoms with Crippen LogP contribution in [0, 0.1) is 0 Å². The lowest BCUT2D eigenvalue weighted by atomic mass is 9.97. The number of carbonyl (C=O) groups excluding carboxylic acids is 1. The van der Waals surface area contributed by atoms with E-state index in [-0.39, 0.29) is 16.7 Å². The largest absolute Gasteiger partial charge is 0.325 e. The highest BCUT2D eigenvalue weighted by molar-refractivity contribution is 8.00. The summed E-state index contributed by atoms with van der Waals surface area (Å²) >= 11 is 1.31. The van der Waals surface area contributed by atoms with Gasteiger partial charge in [-0.2, -0.15) is 0 Å². The van der Waals surface area contributed by atoms with Crippen LogP contribution in [-0.4, -0.2) is 21.1 Å². The molecule has 27 heavy (non-hydrogen) atoms. The Bertz CT molecular complexity index is 869. The van der Waals surface area contributed by atoms with Crippen molar-refractivity contribution in [2.45, 2.75) is 69.7 Å². The first kappa shape index (κ1) is 19.7. The fourth-order valence-corrected chi connectivity index (χ4v) is 4.30. The third kappa shape index (κ3) is 4.43. The molecule has 144 valence electrons. The van der Waals surface area contributed by atoms with Gasteiger partial charge >= 0.3 is 0 Å². The van der Waals surface area contributed by atoms with Crippen molar-refractivity contribution in [2.75, 3.05) is 5.32 Å². The van der Waals surface area contributed by atoms with Crippen molar-refractivity contribution in [1.82, 2.24) is 9.97 Å². The number of aromatic nitrogens is 2. The van der Waals surface area contributed by atoms with Crippen LogP contribution in [-0.2, 0) is 30.5 Å². The van der Waals surface area contributed by atoms with E-state index in [2.05, 4.69) is 41.3 Å². The Kier molecular flexibility index (Phi) is 6.37. The highest BCUT2D eigenvalue weighted by Crippen LogP contribution is 2.26. The van der Waals surface area contributed by atoms with Gasteiger partial charge in [-0.05, 0) is 56.6 Å². The normalized spacial score (nSPS) is 14.5. The second-order valence-electron chi connectivity index (χ2n) is 6.91. The zero-order valence-corrected chi connectivity index (χ0v) is 17.0. The van der Waals surface area contributed by atoms with Crippen LogP contribution in [0.4, 0.5) is 5.69 Å². The zero-order chi connectivity index (χ0) is 19.4. The number of amides is 1. The molecule has 0 spiro atoms. The summed E-state index contributed by atoms with van der Waals surface area (Å²) in [6, 6.07) is 6.14. The molecule has 1 unspecified atom stereocenters. The molecule has 1 amide bonds. The number of fused-ring (bicyclic) bond motifs is 1.